The van der Waals surface area contributed by atoms with E-state index in [9.17, 15) is 49.1 Å². The summed E-state index contributed by atoms with van der Waals surface area (Å²) in [5.74, 6) is -9.68. The lowest BCUT2D eigenvalue weighted by Gasteiger charge is -2.33. The van der Waals surface area contributed by atoms with E-state index in [-0.39, 0.29) is 6.42 Å². The summed E-state index contributed by atoms with van der Waals surface area (Å²) in [5, 5.41) is 0. The molecule has 5 nitrogen and oxygen atoms in total. The van der Waals surface area contributed by atoms with Gasteiger partial charge in [0.15, 0.2) is 0 Å². The zero-order chi connectivity index (χ0) is 22.8. The lowest BCUT2D eigenvalue weighted by atomic mass is 9.78. The first-order valence-corrected chi connectivity index (χ1v) is 8.76. The topological polar surface area (TPSA) is 61.8 Å². The fourth-order valence-electron chi connectivity index (χ4n) is 4.53. The van der Waals surface area contributed by atoms with Crippen molar-refractivity contribution in [1.29, 1.82) is 0 Å². The standard InChI is InChI=1S/C16H15F9O5/c1-4(3-28-13(15(20,21)22)16(23,24)25)11(26)29-10-6-2-5-7(8(6)14(17,18)19)12(27)30-9(5)10/h4-10,13H,2-3H2,1H3. The third kappa shape index (κ3) is 3.94. The van der Waals surface area contributed by atoms with Crippen LogP contribution in [-0.4, -0.2) is 55.4 Å². The molecule has 2 aliphatic carbocycles. The van der Waals surface area contributed by atoms with Gasteiger partial charge in [-0.3, -0.25) is 9.59 Å². The molecule has 30 heavy (non-hydrogen) atoms. The van der Waals surface area contributed by atoms with Gasteiger partial charge in [-0.15, -0.1) is 0 Å². The highest BCUT2D eigenvalue weighted by Crippen LogP contribution is 2.62. The van der Waals surface area contributed by atoms with Crippen molar-refractivity contribution in [2.45, 2.75) is 50.2 Å². The fourth-order valence-corrected chi connectivity index (χ4v) is 4.53. The Bertz CT molecular complexity index is 687. The second-order valence-corrected chi connectivity index (χ2v) is 7.66. The van der Waals surface area contributed by atoms with Crippen LogP contribution in [0.25, 0.3) is 0 Å². The monoisotopic (exact) mass is 458 g/mol. The van der Waals surface area contributed by atoms with Crippen molar-refractivity contribution in [1.82, 2.24) is 0 Å². The lowest BCUT2D eigenvalue weighted by molar-refractivity contribution is -0.323. The Hall–Kier alpha value is -1.73. The summed E-state index contributed by atoms with van der Waals surface area (Å²) in [5.41, 5.74) is 0. The van der Waals surface area contributed by atoms with Gasteiger partial charge in [0.1, 0.15) is 12.2 Å². The Morgan fingerprint density at radius 3 is 2.13 bits per heavy atom. The number of carbonyl (C=O) groups excluding carboxylic acids is 2. The number of halogens is 9. The van der Waals surface area contributed by atoms with Crippen molar-refractivity contribution in [3.63, 3.8) is 0 Å². The molecule has 0 aromatic carbocycles. The molecule has 0 aromatic rings. The van der Waals surface area contributed by atoms with Crippen molar-refractivity contribution < 1.29 is 63.3 Å². The van der Waals surface area contributed by atoms with Gasteiger partial charge in [-0.2, -0.15) is 39.5 Å². The molecule has 14 heteroatoms. The SMILES string of the molecule is CC(COC(C(F)(F)F)C(F)(F)F)C(=O)OC1C2CC3C1OC(=O)C3C2C(F)(F)F. The molecule has 2 bridgehead atoms. The molecule has 0 spiro atoms. The van der Waals surface area contributed by atoms with Gasteiger partial charge in [0.2, 0.25) is 6.10 Å². The first-order valence-electron chi connectivity index (χ1n) is 8.76. The number of carbonyl (C=O) groups is 2. The minimum absolute atomic E-state index is 0.0989. The van der Waals surface area contributed by atoms with E-state index in [0.717, 1.165) is 6.92 Å². The van der Waals surface area contributed by atoms with Crippen LogP contribution in [0.3, 0.4) is 0 Å². The average molecular weight is 458 g/mol. The zero-order valence-corrected chi connectivity index (χ0v) is 15.0. The molecule has 0 radical (unpaired) electrons. The van der Waals surface area contributed by atoms with Crippen LogP contribution in [0.4, 0.5) is 39.5 Å². The number of esters is 2. The van der Waals surface area contributed by atoms with Crippen molar-refractivity contribution in [2.24, 2.45) is 29.6 Å². The molecule has 172 valence electrons. The second kappa shape index (κ2) is 7.16. The highest BCUT2D eigenvalue weighted by Gasteiger charge is 2.73. The minimum Gasteiger partial charge on any atom is -0.458 e. The highest BCUT2D eigenvalue weighted by molar-refractivity contribution is 5.78. The predicted octanol–water partition coefficient (Wildman–Crippen LogP) is 3.41. The maximum atomic E-state index is 13.4. The summed E-state index contributed by atoms with van der Waals surface area (Å²) in [7, 11) is 0. The van der Waals surface area contributed by atoms with Crippen molar-refractivity contribution in [2.75, 3.05) is 6.61 Å². The van der Waals surface area contributed by atoms with Crippen molar-refractivity contribution >= 4 is 11.9 Å². The van der Waals surface area contributed by atoms with Crippen LogP contribution in [0, 0.1) is 29.6 Å². The maximum absolute atomic E-state index is 13.4. The summed E-state index contributed by atoms with van der Waals surface area (Å²) in [4.78, 5) is 23.9. The van der Waals surface area contributed by atoms with Gasteiger partial charge in [-0.1, -0.05) is 0 Å². The fraction of sp³-hybridized carbons (Fsp3) is 0.875. The van der Waals surface area contributed by atoms with Crippen molar-refractivity contribution in [3.05, 3.63) is 0 Å². The third-order valence-electron chi connectivity index (χ3n) is 5.69. The van der Waals surface area contributed by atoms with Gasteiger partial charge < -0.3 is 14.2 Å². The molecule has 7 unspecified atom stereocenters. The molecule has 7 atom stereocenters. The number of fused-ring (bicyclic) bond motifs is 1. The number of rotatable bonds is 5. The van der Waals surface area contributed by atoms with Gasteiger partial charge in [0, 0.05) is 11.8 Å². The smallest absolute Gasteiger partial charge is 0.423 e. The van der Waals surface area contributed by atoms with Crippen LogP contribution >= 0.6 is 0 Å². The number of ether oxygens (including phenoxy) is 3. The Balaban J connectivity index is 1.65. The molecule has 3 fully saturated rings. The number of hydrogen-bond acceptors (Lipinski definition) is 5. The van der Waals surface area contributed by atoms with E-state index in [4.69, 9.17) is 9.47 Å². The molecule has 1 saturated heterocycles. The highest BCUT2D eigenvalue weighted by atomic mass is 19.4. The van der Waals surface area contributed by atoms with Crippen molar-refractivity contribution in [3.8, 4) is 0 Å². The quantitative estimate of drug-likeness (QED) is 0.467. The number of alkyl halides is 9. The second-order valence-electron chi connectivity index (χ2n) is 7.66. The van der Waals surface area contributed by atoms with Crippen LogP contribution in [-0.2, 0) is 23.8 Å². The average Bonchev–Trinajstić information content (AvgIpc) is 3.14. The number of hydrogen-bond donors (Lipinski definition) is 0. The molecule has 1 heterocycles. The van der Waals surface area contributed by atoms with Gasteiger partial charge in [0.05, 0.1) is 24.4 Å². The summed E-state index contributed by atoms with van der Waals surface area (Å²) in [6.07, 6.45) is -23.2. The Kier molecular flexibility index (Phi) is 5.48. The van der Waals surface area contributed by atoms with Crippen LogP contribution in [0.15, 0.2) is 0 Å². The Morgan fingerprint density at radius 1 is 1.07 bits per heavy atom. The normalized spacial score (nSPS) is 34.4. The van der Waals surface area contributed by atoms with E-state index >= 15 is 0 Å². The summed E-state index contributed by atoms with van der Waals surface area (Å²) in [6, 6.07) is 0. The van der Waals surface area contributed by atoms with Gasteiger partial charge >= 0.3 is 30.5 Å². The van der Waals surface area contributed by atoms with E-state index in [2.05, 4.69) is 4.74 Å². The molecular weight excluding hydrogens is 443 g/mol. The Morgan fingerprint density at radius 2 is 1.63 bits per heavy atom. The molecular formula is C16H15F9O5. The van der Waals surface area contributed by atoms with Crippen LogP contribution in [0.5, 0.6) is 0 Å². The van der Waals surface area contributed by atoms with E-state index in [0.29, 0.717) is 0 Å². The third-order valence-corrected chi connectivity index (χ3v) is 5.69. The zero-order valence-electron chi connectivity index (χ0n) is 15.0. The molecule has 0 amide bonds. The first kappa shape index (κ1) is 22.9. The lowest BCUT2D eigenvalue weighted by Crippen LogP contribution is -2.47. The van der Waals surface area contributed by atoms with Gasteiger partial charge in [-0.25, -0.2) is 0 Å². The van der Waals surface area contributed by atoms with E-state index < -0.39 is 85.0 Å². The molecule has 2 saturated carbocycles. The minimum atomic E-state index is -5.78. The van der Waals surface area contributed by atoms with E-state index in [1.54, 1.807) is 0 Å². The summed E-state index contributed by atoms with van der Waals surface area (Å²) < 4.78 is 129. The molecule has 3 aliphatic rings. The molecule has 0 N–H and O–H groups in total. The van der Waals surface area contributed by atoms with Gasteiger partial charge in [-0.05, 0) is 13.3 Å². The first-order chi connectivity index (χ1) is 13.5. The Labute approximate surface area is 162 Å². The van der Waals surface area contributed by atoms with Gasteiger partial charge in [0.25, 0.3) is 0 Å². The van der Waals surface area contributed by atoms with Crippen LogP contribution < -0.4 is 0 Å². The van der Waals surface area contributed by atoms with E-state index in [1.807, 2.05) is 0 Å². The largest absolute Gasteiger partial charge is 0.458 e. The maximum Gasteiger partial charge on any atom is 0.423 e. The van der Waals surface area contributed by atoms with Crippen LogP contribution in [0.1, 0.15) is 13.3 Å². The molecule has 3 rings (SSSR count). The van der Waals surface area contributed by atoms with Crippen LogP contribution in [0.2, 0.25) is 0 Å². The molecule has 0 aromatic heterocycles. The predicted molar refractivity (Wildman–Crippen MR) is 75.4 cm³/mol. The molecule has 1 aliphatic heterocycles. The van der Waals surface area contributed by atoms with E-state index in [1.165, 1.54) is 0 Å². The summed E-state index contributed by atoms with van der Waals surface area (Å²) in [6.45, 7) is -0.427. The summed E-state index contributed by atoms with van der Waals surface area (Å²) >= 11 is 0.